The van der Waals surface area contributed by atoms with Crippen LogP contribution in [0.3, 0.4) is 0 Å². The molecule has 2 fully saturated rings. The Hall–Kier alpha value is -1.25. The summed E-state index contributed by atoms with van der Waals surface area (Å²) in [6.45, 7) is 1.72. The van der Waals surface area contributed by atoms with Crippen molar-refractivity contribution in [3.63, 3.8) is 0 Å². The number of nitrogens with zero attached hydrogens (tertiary/aromatic N) is 1. The molecule has 116 valence electrons. The molecule has 0 aromatic carbocycles. The van der Waals surface area contributed by atoms with E-state index in [-0.39, 0.29) is 13.0 Å². The number of ether oxygens (including phenoxy) is 1. The standard InChI is InChI=1S/C11H15N2O7P/c1-2-6-4-13(11(15)12-10(6)14)9-3-7-8(19-9)5-18-21(16,17)20-7/h4,7-9H,2-3,5H2,1H3,(H,16,17)(H,12,14,15). The van der Waals surface area contributed by atoms with E-state index in [1.54, 1.807) is 6.92 Å². The summed E-state index contributed by atoms with van der Waals surface area (Å²) in [4.78, 5) is 34.9. The van der Waals surface area contributed by atoms with Crippen LogP contribution in [0.2, 0.25) is 0 Å². The van der Waals surface area contributed by atoms with Gasteiger partial charge in [-0.1, -0.05) is 6.92 Å². The zero-order valence-corrected chi connectivity index (χ0v) is 12.1. The first-order valence-corrected chi connectivity index (χ1v) is 8.04. The van der Waals surface area contributed by atoms with Gasteiger partial charge in [0.25, 0.3) is 5.56 Å². The topological polar surface area (TPSA) is 120 Å². The third-order valence-corrected chi connectivity index (χ3v) is 4.60. The Morgan fingerprint density at radius 3 is 2.95 bits per heavy atom. The monoisotopic (exact) mass is 318 g/mol. The van der Waals surface area contributed by atoms with Gasteiger partial charge in [0, 0.05) is 18.2 Å². The second-order valence-electron chi connectivity index (χ2n) is 4.95. The maximum atomic E-state index is 11.9. The van der Waals surface area contributed by atoms with E-state index in [1.165, 1.54) is 10.8 Å². The van der Waals surface area contributed by atoms with E-state index in [9.17, 15) is 19.0 Å². The van der Waals surface area contributed by atoms with E-state index < -0.39 is 37.5 Å². The largest absolute Gasteiger partial charge is 0.472 e. The van der Waals surface area contributed by atoms with Crippen LogP contribution in [0.5, 0.6) is 0 Å². The molecule has 2 saturated heterocycles. The fraction of sp³-hybridized carbons (Fsp3) is 0.636. The van der Waals surface area contributed by atoms with E-state index in [1.807, 2.05) is 0 Å². The van der Waals surface area contributed by atoms with E-state index in [4.69, 9.17) is 9.26 Å². The number of aromatic amines is 1. The van der Waals surface area contributed by atoms with E-state index in [2.05, 4.69) is 9.51 Å². The molecule has 0 spiro atoms. The number of H-pyrrole nitrogens is 1. The van der Waals surface area contributed by atoms with Gasteiger partial charge in [0.15, 0.2) is 0 Å². The van der Waals surface area contributed by atoms with Gasteiger partial charge in [0.2, 0.25) is 0 Å². The van der Waals surface area contributed by atoms with E-state index in [0.29, 0.717) is 12.0 Å². The lowest BCUT2D eigenvalue weighted by atomic mass is 10.2. The first-order chi connectivity index (χ1) is 9.89. The van der Waals surface area contributed by atoms with Crippen molar-refractivity contribution in [1.82, 2.24) is 9.55 Å². The van der Waals surface area contributed by atoms with Crippen LogP contribution in [-0.2, 0) is 24.8 Å². The van der Waals surface area contributed by atoms with Crippen molar-refractivity contribution in [2.75, 3.05) is 6.61 Å². The summed E-state index contributed by atoms with van der Waals surface area (Å²) in [5.41, 5.74) is -0.555. The summed E-state index contributed by atoms with van der Waals surface area (Å²) in [6.07, 6.45) is 0.338. The van der Waals surface area contributed by atoms with Crippen LogP contribution >= 0.6 is 7.82 Å². The third kappa shape index (κ3) is 2.75. The van der Waals surface area contributed by atoms with Crippen molar-refractivity contribution in [1.29, 1.82) is 0 Å². The van der Waals surface area contributed by atoms with Crippen molar-refractivity contribution in [2.24, 2.45) is 0 Å². The zero-order valence-electron chi connectivity index (χ0n) is 11.2. The van der Waals surface area contributed by atoms with Crippen LogP contribution in [0.15, 0.2) is 15.8 Å². The van der Waals surface area contributed by atoms with Crippen molar-refractivity contribution >= 4 is 7.82 Å². The van der Waals surface area contributed by atoms with Crippen molar-refractivity contribution in [3.8, 4) is 0 Å². The molecule has 2 N–H and O–H groups in total. The molecule has 2 aliphatic heterocycles. The minimum absolute atomic E-state index is 0.0757. The Kier molecular flexibility index (Phi) is 3.62. The summed E-state index contributed by atoms with van der Waals surface area (Å²) in [5, 5.41) is 0. The summed E-state index contributed by atoms with van der Waals surface area (Å²) in [6, 6.07) is 0. The molecule has 1 aromatic rings. The molecule has 0 aliphatic carbocycles. The first kappa shape index (κ1) is 14.7. The van der Waals surface area contributed by atoms with Gasteiger partial charge >= 0.3 is 13.5 Å². The van der Waals surface area contributed by atoms with Gasteiger partial charge in [0.1, 0.15) is 18.4 Å². The molecule has 3 heterocycles. The lowest BCUT2D eigenvalue weighted by Gasteiger charge is -2.26. The highest BCUT2D eigenvalue weighted by Gasteiger charge is 2.46. The molecule has 4 unspecified atom stereocenters. The molecule has 1 aromatic heterocycles. The zero-order chi connectivity index (χ0) is 15.2. The summed E-state index contributed by atoms with van der Waals surface area (Å²) >= 11 is 0. The highest BCUT2D eigenvalue weighted by molar-refractivity contribution is 7.47. The number of fused-ring (bicyclic) bond motifs is 1. The van der Waals surface area contributed by atoms with Crippen LogP contribution in [-0.4, -0.2) is 33.3 Å². The second kappa shape index (κ2) is 5.19. The molecule has 0 amide bonds. The maximum Gasteiger partial charge on any atom is 0.472 e. The Bertz CT molecular complexity index is 711. The number of aryl methyl sites for hydroxylation is 1. The average molecular weight is 318 g/mol. The average Bonchev–Trinajstić information content (AvgIpc) is 2.80. The van der Waals surface area contributed by atoms with Gasteiger partial charge in [-0.15, -0.1) is 0 Å². The van der Waals surface area contributed by atoms with Crippen molar-refractivity contribution in [3.05, 3.63) is 32.6 Å². The smallest absolute Gasteiger partial charge is 0.349 e. The van der Waals surface area contributed by atoms with Gasteiger partial charge in [-0.3, -0.25) is 23.4 Å². The molecule has 0 saturated carbocycles. The molecule has 4 atom stereocenters. The molecular formula is C11H15N2O7P. The third-order valence-electron chi connectivity index (χ3n) is 3.58. The summed E-state index contributed by atoms with van der Waals surface area (Å²) in [7, 11) is -4.03. The molecule has 0 bridgehead atoms. The molecule has 10 heteroatoms. The number of aromatic nitrogens is 2. The van der Waals surface area contributed by atoms with Crippen LogP contribution in [0.1, 0.15) is 25.1 Å². The fourth-order valence-electron chi connectivity index (χ4n) is 2.49. The van der Waals surface area contributed by atoms with Gasteiger partial charge in [-0.25, -0.2) is 9.36 Å². The van der Waals surface area contributed by atoms with Crippen LogP contribution in [0.25, 0.3) is 0 Å². The minimum atomic E-state index is -4.03. The van der Waals surface area contributed by atoms with Crippen molar-refractivity contribution < 1.29 is 23.2 Å². The number of nitrogens with one attached hydrogen (secondary N) is 1. The number of phosphoric acid groups is 1. The predicted molar refractivity (Wildman–Crippen MR) is 69.9 cm³/mol. The Morgan fingerprint density at radius 1 is 1.48 bits per heavy atom. The number of hydrogen-bond donors (Lipinski definition) is 2. The maximum absolute atomic E-state index is 11.9. The molecule has 3 rings (SSSR count). The number of hydrogen-bond acceptors (Lipinski definition) is 6. The Balaban J connectivity index is 1.88. The quantitative estimate of drug-likeness (QED) is 0.731. The van der Waals surface area contributed by atoms with Crippen molar-refractivity contribution in [2.45, 2.75) is 38.2 Å². The predicted octanol–water partition coefficient (Wildman–Crippen LogP) is -0.0977. The van der Waals surface area contributed by atoms with Gasteiger partial charge in [-0.2, -0.15) is 0 Å². The van der Waals surface area contributed by atoms with E-state index in [0.717, 1.165) is 0 Å². The van der Waals surface area contributed by atoms with Gasteiger partial charge < -0.3 is 9.63 Å². The van der Waals surface area contributed by atoms with Gasteiger partial charge in [-0.05, 0) is 6.42 Å². The normalized spacial score (nSPS) is 35.6. The van der Waals surface area contributed by atoms with Crippen LogP contribution in [0, 0.1) is 0 Å². The molecule has 0 radical (unpaired) electrons. The van der Waals surface area contributed by atoms with Gasteiger partial charge in [0.05, 0.1) is 6.61 Å². The number of phosphoric ester groups is 1. The molecular weight excluding hydrogens is 303 g/mol. The summed E-state index contributed by atoms with van der Waals surface area (Å²) in [5.74, 6) is 0. The highest BCUT2D eigenvalue weighted by Crippen LogP contribution is 2.52. The Morgan fingerprint density at radius 2 is 2.24 bits per heavy atom. The lowest BCUT2D eigenvalue weighted by molar-refractivity contribution is -0.0680. The first-order valence-electron chi connectivity index (χ1n) is 6.55. The van der Waals surface area contributed by atoms with E-state index >= 15 is 0 Å². The number of rotatable bonds is 2. The molecule has 2 aliphatic rings. The Labute approximate surface area is 119 Å². The highest BCUT2D eigenvalue weighted by atomic mass is 31.2. The SMILES string of the molecule is CCc1cn(C2CC3OP(=O)(O)OCC3O2)c(=O)[nH]c1=O. The second-order valence-corrected chi connectivity index (χ2v) is 6.35. The summed E-state index contributed by atoms with van der Waals surface area (Å²) < 4.78 is 27.9. The minimum Gasteiger partial charge on any atom is -0.349 e. The fourth-order valence-corrected chi connectivity index (χ4v) is 3.45. The molecule has 21 heavy (non-hydrogen) atoms. The lowest BCUT2D eigenvalue weighted by Crippen LogP contribution is -2.34. The van der Waals surface area contributed by atoms with Crippen LogP contribution in [0.4, 0.5) is 0 Å². The molecule has 9 nitrogen and oxygen atoms in total. The van der Waals surface area contributed by atoms with Crippen LogP contribution < -0.4 is 11.2 Å².